The first-order chi connectivity index (χ1) is 12.8. The van der Waals surface area contributed by atoms with E-state index >= 15 is 0 Å². The molecule has 2 heterocycles. The number of thioether (sulfide) groups is 1. The van der Waals surface area contributed by atoms with Gasteiger partial charge in [-0.1, -0.05) is 35.0 Å². The van der Waals surface area contributed by atoms with E-state index in [1.165, 1.54) is 18.4 Å². The summed E-state index contributed by atoms with van der Waals surface area (Å²) in [7, 11) is 0. The molecule has 0 unspecified atom stereocenters. The van der Waals surface area contributed by atoms with Gasteiger partial charge in [-0.05, 0) is 38.2 Å². The Balaban J connectivity index is 1.58. The minimum Gasteiger partial charge on any atom is -0.355 e. The number of nitrogens with zero attached hydrogens (tertiary/aromatic N) is 3. The number of aromatic nitrogens is 3. The molecule has 27 heavy (non-hydrogen) atoms. The standard InChI is InChI=1S/C17H18ClF3N4OS/c18-13-8-12(17(19,20)21)9-25-15(13)23-24-16(25)27-10-14(26)22-7-6-11-4-2-1-3-5-11/h4,8-9H,1-3,5-7,10H2,(H,22,26). The van der Waals surface area contributed by atoms with E-state index in [9.17, 15) is 18.0 Å². The lowest BCUT2D eigenvalue weighted by Gasteiger charge is -2.12. The molecule has 0 atom stereocenters. The summed E-state index contributed by atoms with van der Waals surface area (Å²) in [6, 6.07) is 0.812. The second kappa shape index (κ2) is 8.52. The Labute approximate surface area is 163 Å². The van der Waals surface area contributed by atoms with Gasteiger partial charge in [-0.2, -0.15) is 13.2 Å². The van der Waals surface area contributed by atoms with Crippen LogP contribution in [0.25, 0.3) is 5.65 Å². The van der Waals surface area contributed by atoms with E-state index < -0.39 is 11.7 Å². The molecule has 2 aromatic rings. The van der Waals surface area contributed by atoms with Crippen LogP contribution >= 0.6 is 23.4 Å². The van der Waals surface area contributed by atoms with Crippen LogP contribution in [0.4, 0.5) is 13.2 Å². The van der Waals surface area contributed by atoms with Crippen molar-refractivity contribution in [3.8, 4) is 0 Å². The number of carbonyl (C=O) groups is 1. The largest absolute Gasteiger partial charge is 0.417 e. The van der Waals surface area contributed by atoms with Crippen molar-refractivity contribution in [2.45, 2.75) is 43.4 Å². The molecule has 1 N–H and O–H groups in total. The SMILES string of the molecule is O=C(CSc1nnc2c(Cl)cc(C(F)(F)F)cn12)NCCC1=CCCCC1. The highest BCUT2D eigenvalue weighted by Gasteiger charge is 2.32. The average Bonchev–Trinajstić information content (AvgIpc) is 3.04. The van der Waals surface area contributed by atoms with Gasteiger partial charge in [-0.3, -0.25) is 9.20 Å². The third-order valence-electron chi connectivity index (χ3n) is 4.24. The number of alkyl halides is 3. The predicted octanol–water partition coefficient (Wildman–Crippen LogP) is 4.50. The van der Waals surface area contributed by atoms with Gasteiger partial charge in [0.25, 0.3) is 0 Å². The fraction of sp³-hybridized carbons (Fsp3) is 0.471. The smallest absolute Gasteiger partial charge is 0.355 e. The summed E-state index contributed by atoms with van der Waals surface area (Å²) in [6.07, 6.45) is 4.01. The number of hydrogen-bond acceptors (Lipinski definition) is 4. The predicted molar refractivity (Wildman–Crippen MR) is 97.9 cm³/mol. The number of pyridine rings is 1. The molecule has 5 nitrogen and oxygen atoms in total. The van der Waals surface area contributed by atoms with Crippen LogP contribution in [-0.2, 0) is 11.0 Å². The molecule has 0 saturated carbocycles. The highest BCUT2D eigenvalue weighted by molar-refractivity contribution is 7.99. The van der Waals surface area contributed by atoms with Crippen molar-refractivity contribution >= 4 is 34.9 Å². The van der Waals surface area contributed by atoms with Crippen LogP contribution in [-0.4, -0.2) is 32.8 Å². The van der Waals surface area contributed by atoms with Gasteiger partial charge in [0.05, 0.1) is 16.3 Å². The van der Waals surface area contributed by atoms with Crippen molar-refractivity contribution < 1.29 is 18.0 Å². The minimum absolute atomic E-state index is 0.0354. The van der Waals surface area contributed by atoms with Crippen LogP contribution in [0.3, 0.4) is 0 Å². The zero-order valence-electron chi connectivity index (χ0n) is 14.4. The number of halogens is 4. The number of hydrogen-bond donors (Lipinski definition) is 1. The third-order valence-corrected chi connectivity index (χ3v) is 5.46. The highest BCUT2D eigenvalue weighted by Crippen LogP contribution is 2.33. The van der Waals surface area contributed by atoms with E-state index in [4.69, 9.17) is 11.6 Å². The molecule has 1 aliphatic carbocycles. The summed E-state index contributed by atoms with van der Waals surface area (Å²) in [5, 5.41) is 10.5. The van der Waals surface area contributed by atoms with Gasteiger partial charge in [0, 0.05) is 12.7 Å². The van der Waals surface area contributed by atoms with Crippen LogP contribution in [0.5, 0.6) is 0 Å². The molecule has 2 aromatic heterocycles. The number of allylic oxidation sites excluding steroid dienone is 1. The van der Waals surface area contributed by atoms with Gasteiger partial charge >= 0.3 is 6.18 Å². The number of nitrogens with one attached hydrogen (secondary N) is 1. The van der Waals surface area contributed by atoms with Crippen molar-refractivity contribution in [1.82, 2.24) is 19.9 Å². The zero-order valence-corrected chi connectivity index (χ0v) is 15.9. The second-order valence-electron chi connectivity index (χ2n) is 6.25. The summed E-state index contributed by atoms with van der Waals surface area (Å²) in [4.78, 5) is 12.0. The topological polar surface area (TPSA) is 59.3 Å². The Kier molecular flexibility index (Phi) is 6.31. The number of amides is 1. The summed E-state index contributed by atoms with van der Waals surface area (Å²) >= 11 is 6.88. The van der Waals surface area contributed by atoms with E-state index in [-0.39, 0.29) is 27.5 Å². The van der Waals surface area contributed by atoms with Gasteiger partial charge in [0.15, 0.2) is 10.8 Å². The van der Waals surface area contributed by atoms with Gasteiger partial charge in [0.2, 0.25) is 5.91 Å². The molecule has 1 aliphatic rings. The molecule has 0 fully saturated rings. The third kappa shape index (κ3) is 5.16. The van der Waals surface area contributed by atoms with Gasteiger partial charge in [0.1, 0.15) is 0 Å². The molecule has 146 valence electrons. The van der Waals surface area contributed by atoms with Crippen molar-refractivity contribution in [3.05, 3.63) is 34.5 Å². The fourth-order valence-corrected chi connectivity index (χ4v) is 3.85. The maximum absolute atomic E-state index is 13.0. The van der Waals surface area contributed by atoms with Crippen molar-refractivity contribution in [1.29, 1.82) is 0 Å². The monoisotopic (exact) mass is 418 g/mol. The molecule has 1 amide bonds. The van der Waals surface area contributed by atoms with Gasteiger partial charge in [-0.15, -0.1) is 10.2 Å². The number of fused-ring (bicyclic) bond motifs is 1. The van der Waals surface area contributed by atoms with Crippen LogP contribution in [0.1, 0.15) is 37.7 Å². The summed E-state index contributed by atoms with van der Waals surface area (Å²) < 4.78 is 40.0. The van der Waals surface area contributed by atoms with Crippen molar-refractivity contribution in [2.24, 2.45) is 0 Å². The van der Waals surface area contributed by atoms with E-state index in [2.05, 4.69) is 21.6 Å². The normalized spacial score (nSPS) is 15.0. The Morgan fingerprint density at radius 1 is 1.33 bits per heavy atom. The Morgan fingerprint density at radius 3 is 2.85 bits per heavy atom. The van der Waals surface area contributed by atoms with E-state index in [0.29, 0.717) is 6.54 Å². The first-order valence-corrected chi connectivity index (χ1v) is 9.90. The van der Waals surface area contributed by atoms with Gasteiger partial charge < -0.3 is 5.32 Å². The minimum atomic E-state index is -4.53. The number of carbonyl (C=O) groups excluding carboxylic acids is 1. The Hall–Kier alpha value is -1.74. The molecule has 0 saturated heterocycles. The molecular weight excluding hydrogens is 401 g/mol. The van der Waals surface area contributed by atoms with Gasteiger partial charge in [-0.25, -0.2) is 0 Å². The van der Waals surface area contributed by atoms with E-state index in [1.54, 1.807) is 0 Å². The quantitative estimate of drug-likeness (QED) is 0.554. The summed E-state index contributed by atoms with van der Waals surface area (Å²) in [5.41, 5.74) is 0.593. The molecule has 0 spiro atoms. The lowest BCUT2D eigenvalue weighted by molar-refractivity contribution is -0.137. The summed E-state index contributed by atoms with van der Waals surface area (Å²) in [5.74, 6) is -0.167. The molecule has 0 aromatic carbocycles. The lowest BCUT2D eigenvalue weighted by atomic mass is 9.97. The number of rotatable bonds is 6. The Morgan fingerprint density at radius 2 is 2.15 bits per heavy atom. The van der Waals surface area contributed by atoms with Crippen LogP contribution in [0, 0.1) is 0 Å². The van der Waals surface area contributed by atoms with Crippen LogP contribution < -0.4 is 5.32 Å². The second-order valence-corrected chi connectivity index (χ2v) is 7.60. The average molecular weight is 419 g/mol. The zero-order chi connectivity index (χ0) is 19.4. The Bertz CT molecular complexity index is 866. The molecule has 3 rings (SSSR count). The first kappa shape index (κ1) is 20.0. The molecular formula is C17H18ClF3N4OS. The fourth-order valence-electron chi connectivity index (χ4n) is 2.86. The maximum Gasteiger partial charge on any atom is 0.417 e. The first-order valence-electron chi connectivity index (χ1n) is 8.53. The molecule has 0 bridgehead atoms. The van der Waals surface area contributed by atoms with E-state index in [0.717, 1.165) is 47.7 Å². The van der Waals surface area contributed by atoms with Crippen molar-refractivity contribution in [2.75, 3.05) is 12.3 Å². The highest BCUT2D eigenvalue weighted by atomic mass is 35.5. The van der Waals surface area contributed by atoms with Crippen LogP contribution in [0.2, 0.25) is 5.02 Å². The molecule has 0 radical (unpaired) electrons. The van der Waals surface area contributed by atoms with Crippen molar-refractivity contribution in [3.63, 3.8) is 0 Å². The molecule has 0 aliphatic heterocycles. The van der Waals surface area contributed by atoms with E-state index in [1.807, 2.05) is 0 Å². The maximum atomic E-state index is 13.0. The van der Waals surface area contributed by atoms with Crippen LogP contribution in [0.15, 0.2) is 29.1 Å². The molecule has 10 heteroatoms. The summed E-state index contributed by atoms with van der Waals surface area (Å²) in [6.45, 7) is 0.551. The lowest BCUT2D eigenvalue weighted by Crippen LogP contribution is -2.26.